The highest BCUT2D eigenvalue weighted by Gasteiger charge is 2.44. The Morgan fingerprint density at radius 2 is 2.22 bits per heavy atom. The van der Waals surface area contributed by atoms with E-state index in [4.69, 9.17) is 14.2 Å². The van der Waals surface area contributed by atoms with E-state index in [9.17, 15) is 4.79 Å². The Morgan fingerprint density at radius 3 is 2.96 bits per heavy atom. The second kappa shape index (κ2) is 7.76. The predicted molar refractivity (Wildman–Crippen MR) is 102 cm³/mol. The van der Waals surface area contributed by atoms with E-state index in [0.717, 1.165) is 49.5 Å². The Kier molecular flexibility index (Phi) is 5.20. The molecule has 1 amide bonds. The molecule has 0 spiro atoms. The van der Waals surface area contributed by atoms with Crippen molar-refractivity contribution in [3.05, 3.63) is 28.8 Å². The quantitative estimate of drug-likeness (QED) is 0.775. The second-order valence-corrected chi connectivity index (χ2v) is 7.10. The Labute approximate surface area is 159 Å². The lowest BCUT2D eigenvalue weighted by Crippen LogP contribution is -2.42. The van der Waals surface area contributed by atoms with Crippen molar-refractivity contribution in [2.75, 3.05) is 40.0 Å². The molecular weight excluding hydrogens is 346 g/mol. The van der Waals surface area contributed by atoms with Crippen LogP contribution in [0.25, 0.3) is 0 Å². The van der Waals surface area contributed by atoms with Gasteiger partial charge in [0, 0.05) is 19.7 Å². The van der Waals surface area contributed by atoms with Gasteiger partial charge in [0.05, 0.1) is 31.4 Å². The van der Waals surface area contributed by atoms with Gasteiger partial charge < -0.3 is 19.5 Å². The van der Waals surface area contributed by atoms with Gasteiger partial charge >= 0.3 is 6.09 Å². The number of rotatable bonds is 6. The van der Waals surface area contributed by atoms with Gasteiger partial charge in [0.25, 0.3) is 0 Å². The van der Waals surface area contributed by atoms with Gasteiger partial charge in [-0.2, -0.15) is 0 Å². The van der Waals surface area contributed by atoms with Crippen LogP contribution < -0.4 is 10.1 Å². The summed E-state index contributed by atoms with van der Waals surface area (Å²) in [5, 5.41) is 3.34. The molecule has 3 heterocycles. The van der Waals surface area contributed by atoms with Gasteiger partial charge in [-0.3, -0.25) is 9.89 Å². The highest BCUT2D eigenvalue weighted by molar-refractivity contribution is 6.02. The third-order valence-electron chi connectivity index (χ3n) is 5.51. The Bertz CT molecular complexity index is 749. The molecule has 7 nitrogen and oxygen atoms in total. The maximum Gasteiger partial charge on any atom is 0.410 e. The number of nitrogens with zero attached hydrogens (tertiary/aromatic N) is 2. The largest absolute Gasteiger partial charge is 0.490 e. The first-order chi connectivity index (χ1) is 13.2. The first kappa shape index (κ1) is 18.1. The monoisotopic (exact) mass is 373 g/mol. The van der Waals surface area contributed by atoms with E-state index in [1.807, 2.05) is 11.8 Å². The minimum atomic E-state index is -0.200. The van der Waals surface area contributed by atoms with Gasteiger partial charge in [0.15, 0.2) is 0 Å². The van der Waals surface area contributed by atoms with Gasteiger partial charge in [0.2, 0.25) is 0 Å². The number of fused-ring (bicyclic) bond motifs is 4. The molecule has 4 rings (SSSR count). The second-order valence-electron chi connectivity index (χ2n) is 7.10. The number of carbonyl (C=O) groups is 1. The molecule has 1 N–H and O–H groups in total. The molecule has 0 aliphatic carbocycles. The third-order valence-corrected chi connectivity index (χ3v) is 5.51. The van der Waals surface area contributed by atoms with Gasteiger partial charge in [-0.1, -0.05) is 0 Å². The fourth-order valence-electron chi connectivity index (χ4n) is 4.36. The van der Waals surface area contributed by atoms with Crippen molar-refractivity contribution < 1.29 is 19.0 Å². The third kappa shape index (κ3) is 3.36. The van der Waals surface area contributed by atoms with Crippen molar-refractivity contribution in [1.29, 1.82) is 0 Å². The summed E-state index contributed by atoms with van der Waals surface area (Å²) >= 11 is 0. The zero-order valence-corrected chi connectivity index (χ0v) is 16.0. The van der Waals surface area contributed by atoms with Crippen molar-refractivity contribution in [2.24, 2.45) is 4.99 Å². The summed E-state index contributed by atoms with van der Waals surface area (Å²) < 4.78 is 16.4. The number of methoxy groups -OCH3 is 1. The maximum atomic E-state index is 12.5. The van der Waals surface area contributed by atoms with Crippen LogP contribution in [0, 0.1) is 0 Å². The highest BCUT2D eigenvalue weighted by Crippen LogP contribution is 2.45. The molecular formula is C20H27N3O4. The zero-order valence-electron chi connectivity index (χ0n) is 16.0. The topological polar surface area (TPSA) is 72.4 Å². The minimum Gasteiger partial charge on any atom is -0.490 e. The summed E-state index contributed by atoms with van der Waals surface area (Å²) in [7, 11) is 1.67. The molecule has 0 aromatic heterocycles. The Hall–Kier alpha value is -2.28. The fourth-order valence-corrected chi connectivity index (χ4v) is 4.36. The molecule has 2 unspecified atom stereocenters. The van der Waals surface area contributed by atoms with E-state index in [-0.39, 0.29) is 18.2 Å². The van der Waals surface area contributed by atoms with Crippen LogP contribution >= 0.6 is 0 Å². The van der Waals surface area contributed by atoms with Gasteiger partial charge in [-0.15, -0.1) is 0 Å². The van der Waals surface area contributed by atoms with E-state index in [1.54, 1.807) is 7.11 Å². The maximum absolute atomic E-state index is 12.5. The molecule has 1 saturated heterocycles. The summed E-state index contributed by atoms with van der Waals surface area (Å²) in [5.74, 6) is 1.70. The summed E-state index contributed by atoms with van der Waals surface area (Å²) in [6.07, 6.45) is 2.62. The molecule has 1 aromatic rings. The van der Waals surface area contributed by atoms with E-state index < -0.39 is 0 Å². The Morgan fingerprint density at radius 1 is 1.33 bits per heavy atom. The molecule has 146 valence electrons. The minimum absolute atomic E-state index is 0.0755. The van der Waals surface area contributed by atoms with Gasteiger partial charge in [-0.05, 0) is 49.4 Å². The normalized spacial score (nSPS) is 22.9. The standard InChI is InChI=1S/C20H27N3O4/c1-3-26-20(24)23-14-4-5-17(23)15-12-16(19-21-6-7-22-19)18(11-13(15)10-14)27-9-8-25-2/h11-12,14,17H,3-10H2,1-2H3,(H,21,22). The number of hydrogen-bond donors (Lipinski definition) is 1. The SMILES string of the molecule is CCOC(=O)N1C2CCC1c1cc(C3=NCCN3)c(OCCOC)cc1C2. The molecule has 27 heavy (non-hydrogen) atoms. The van der Waals surface area contributed by atoms with Gasteiger partial charge in [-0.25, -0.2) is 4.79 Å². The summed E-state index contributed by atoms with van der Waals surface area (Å²) in [5.41, 5.74) is 3.43. The van der Waals surface area contributed by atoms with Crippen LogP contribution in [0.4, 0.5) is 4.79 Å². The van der Waals surface area contributed by atoms with Crippen LogP contribution in [0.5, 0.6) is 5.75 Å². The van der Waals surface area contributed by atoms with E-state index in [1.165, 1.54) is 11.1 Å². The number of aliphatic imine (C=N–C) groups is 1. The molecule has 3 aliphatic heterocycles. The van der Waals surface area contributed by atoms with Crippen LogP contribution in [-0.4, -0.2) is 62.9 Å². The van der Waals surface area contributed by atoms with Crippen molar-refractivity contribution in [2.45, 2.75) is 38.3 Å². The zero-order chi connectivity index (χ0) is 18.8. The Balaban J connectivity index is 1.69. The predicted octanol–water partition coefficient (Wildman–Crippen LogP) is 2.28. The van der Waals surface area contributed by atoms with Gasteiger partial charge in [0.1, 0.15) is 18.2 Å². The first-order valence-electron chi connectivity index (χ1n) is 9.75. The number of amidine groups is 1. The average Bonchev–Trinajstić information content (AvgIpc) is 3.30. The first-order valence-corrected chi connectivity index (χ1v) is 9.75. The van der Waals surface area contributed by atoms with E-state index in [2.05, 4.69) is 22.4 Å². The molecule has 1 aromatic carbocycles. The van der Waals surface area contributed by atoms with Crippen LogP contribution in [-0.2, 0) is 15.9 Å². The average molecular weight is 373 g/mol. The summed E-state index contributed by atoms with van der Waals surface area (Å²) in [6, 6.07) is 4.58. The number of carbonyl (C=O) groups excluding carboxylic acids is 1. The van der Waals surface area contributed by atoms with Crippen molar-refractivity contribution in [3.8, 4) is 5.75 Å². The molecule has 2 bridgehead atoms. The molecule has 2 atom stereocenters. The molecule has 1 fully saturated rings. The summed E-state index contributed by atoms with van der Waals surface area (Å²) in [6.45, 7) is 4.90. The lowest BCUT2D eigenvalue weighted by molar-refractivity contribution is 0.0838. The van der Waals surface area contributed by atoms with E-state index >= 15 is 0 Å². The molecule has 0 radical (unpaired) electrons. The highest BCUT2D eigenvalue weighted by atomic mass is 16.6. The van der Waals surface area contributed by atoms with Crippen LogP contribution in [0.1, 0.15) is 42.5 Å². The smallest absolute Gasteiger partial charge is 0.410 e. The number of benzene rings is 1. The number of hydrogen-bond acceptors (Lipinski definition) is 6. The van der Waals surface area contributed by atoms with Crippen LogP contribution in [0.15, 0.2) is 17.1 Å². The number of amides is 1. The van der Waals surface area contributed by atoms with Crippen molar-refractivity contribution >= 4 is 11.9 Å². The number of nitrogens with one attached hydrogen (secondary N) is 1. The molecule has 7 heteroatoms. The summed E-state index contributed by atoms with van der Waals surface area (Å²) in [4.78, 5) is 19.0. The van der Waals surface area contributed by atoms with Crippen molar-refractivity contribution in [3.63, 3.8) is 0 Å². The molecule has 0 saturated carbocycles. The van der Waals surface area contributed by atoms with E-state index in [0.29, 0.717) is 19.8 Å². The molecule has 3 aliphatic rings. The lowest BCUT2D eigenvalue weighted by atomic mass is 9.91. The fraction of sp³-hybridized carbons (Fsp3) is 0.600. The lowest BCUT2D eigenvalue weighted by Gasteiger charge is -2.36. The number of ether oxygens (including phenoxy) is 3. The van der Waals surface area contributed by atoms with Crippen LogP contribution in [0.3, 0.4) is 0 Å². The van der Waals surface area contributed by atoms with Crippen molar-refractivity contribution in [1.82, 2.24) is 10.2 Å². The van der Waals surface area contributed by atoms with Crippen LogP contribution in [0.2, 0.25) is 0 Å².